The topological polar surface area (TPSA) is 227 Å². The third kappa shape index (κ3) is 8.00. The van der Waals surface area contributed by atoms with Crippen LogP contribution in [-0.2, 0) is 52.4 Å². The molecule has 16 nitrogen and oxygen atoms in total. The predicted molar refractivity (Wildman–Crippen MR) is 217 cm³/mol. The van der Waals surface area contributed by atoms with Gasteiger partial charge < -0.3 is 44.0 Å². The van der Waals surface area contributed by atoms with Crippen LogP contribution in [0.1, 0.15) is 104 Å². The van der Waals surface area contributed by atoms with Crippen molar-refractivity contribution in [2.45, 2.75) is 135 Å². The van der Waals surface area contributed by atoms with E-state index in [0.29, 0.717) is 5.56 Å². The number of carbonyl (C=O) groups is 7. The third-order valence-electron chi connectivity index (χ3n) is 13.4. The van der Waals surface area contributed by atoms with Crippen molar-refractivity contribution < 1.29 is 72.2 Å². The van der Waals surface area contributed by atoms with Crippen LogP contribution in [0.4, 0.5) is 4.79 Å². The molecule has 12 unspecified atom stereocenters. The van der Waals surface area contributed by atoms with Gasteiger partial charge in [-0.1, -0.05) is 76.2 Å². The Morgan fingerprint density at radius 2 is 1.56 bits per heavy atom. The van der Waals surface area contributed by atoms with Gasteiger partial charge in [0.1, 0.15) is 35.6 Å². The maximum atomic E-state index is 15.0. The van der Waals surface area contributed by atoms with E-state index < -0.39 is 130 Å². The maximum absolute atomic E-state index is 15.0. The molecule has 3 saturated carbocycles. The summed E-state index contributed by atoms with van der Waals surface area (Å²) in [5, 5.41) is 28.1. The highest BCUT2D eigenvalue weighted by Crippen LogP contribution is 2.64. The van der Waals surface area contributed by atoms with Crippen LogP contribution >= 0.6 is 0 Å². The van der Waals surface area contributed by atoms with E-state index in [2.05, 4.69) is 5.32 Å². The van der Waals surface area contributed by atoms with Crippen molar-refractivity contribution >= 4 is 41.5 Å². The van der Waals surface area contributed by atoms with Crippen molar-refractivity contribution in [1.29, 1.82) is 0 Å². The molecule has 62 heavy (non-hydrogen) atoms. The van der Waals surface area contributed by atoms with Crippen LogP contribution in [0, 0.1) is 28.6 Å². The minimum absolute atomic E-state index is 0.0631. The van der Waals surface area contributed by atoms with Gasteiger partial charge in [-0.3, -0.25) is 19.2 Å². The summed E-state index contributed by atoms with van der Waals surface area (Å²) in [5.41, 5.74) is -8.48. The number of benzene rings is 2. The number of Topliss-reactive ketones (excluding diaryl/α,β-unsaturated/α-hetero) is 2. The van der Waals surface area contributed by atoms with Crippen molar-refractivity contribution in [3.05, 3.63) is 71.8 Å². The molecule has 2 aromatic carbocycles. The summed E-state index contributed by atoms with van der Waals surface area (Å²) in [5.74, 6) is -9.84. The molecule has 16 heteroatoms. The number of aliphatic hydroxyl groups excluding tert-OH is 1. The third-order valence-corrected chi connectivity index (χ3v) is 13.4. The molecular formula is C46H57NO15. The summed E-state index contributed by atoms with van der Waals surface area (Å²) < 4.78 is 35.6. The van der Waals surface area contributed by atoms with E-state index in [-0.39, 0.29) is 25.0 Å². The molecule has 1 aliphatic heterocycles. The van der Waals surface area contributed by atoms with E-state index in [1.807, 2.05) is 0 Å². The number of rotatable bonds is 10. The van der Waals surface area contributed by atoms with E-state index in [1.54, 1.807) is 76.2 Å². The number of amides is 1. The largest absolute Gasteiger partial charge is 0.459 e. The number of ketones is 2. The molecule has 2 bridgehead atoms. The zero-order chi connectivity index (χ0) is 45.7. The molecule has 4 fully saturated rings. The second-order valence-electron chi connectivity index (χ2n) is 18.7. The second kappa shape index (κ2) is 16.8. The smallest absolute Gasteiger partial charge is 0.408 e. The normalized spacial score (nSPS) is 33.3. The molecule has 6 rings (SSSR count). The molecule has 1 amide bonds. The van der Waals surface area contributed by atoms with E-state index in [0.717, 1.165) is 6.92 Å². The molecule has 0 aromatic heterocycles. The second-order valence-corrected chi connectivity index (χ2v) is 18.7. The van der Waals surface area contributed by atoms with Crippen LogP contribution in [0.15, 0.2) is 60.7 Å². The average molecular weight is 864 g/mol. The van der Waals surface area contributed by atoms with Gasteiger partial charge >= 0.3 is 30.0 Å². The van der Waals surface area contributed by atoms with Gasteiger partial charge in [0.15, 0.2) is 5.60 Å². The summed E-state index contributed by atoms with van der Waals surface area (Å²) in [6.07, 6.45) is -9.61. The molecule has 3 aliphatic carbocycles. The predicted octanol–water partition coefficient (Wildman–Crippen LogP) is 4.36. The lowest BCUT2D eigenvalue weighted by atomic mass is 9.42. The number of esters is 4. The highest BCUT2D eigenvalue weighted by molar-refractivity contribution is 6.40. The summed E-state index contributed by atoms with van der Waals surface area (Å²) in [6, 6.07) is 14.6. The number of hydrogen-bond acceptors (Lipinski definition) is 15. The summed E-state index contributed by atoms with van der Waals surface area (Å²) in [4.78, 5) is 98.1. The zero-order valence-electron chi connectivity index (χ0n) is 36.5. The molecule has 3 N–H and O–H groups in total. The van der Waals surface area contributed by atoms with Crippen LogP contribution in [0.3, 0.4) is 0 Å². The zero-order valence-corrected chi connectivity index (χ0v) is 36.5. The van der Waals surface area contributed by atoms with Crippen LogP contribution in [0.5, 0.6) is 0 Å². The SMILES string of the molecule is CCC(=O)OC(C(=O)OC1CC2(O)C(OC(=O)c3ccccc3)C3C4(OC(C)=O)COC4CC(O)C3(C)C(=O)C(=O)C(C1C)C2(C)C)C(NC(=O)OC(C)(C)C)c1ccccc1. The standard InChI is InChI=1S/C46H57NO15/c1-10-31(50)59-35(33(26-17-13-11-14-18-26)47-41(55)62-42(4,5)6)40(54)58-28-22-46(56)38(60-39(53)27-19-15-12-16-20-27)36-44(9,37(52)34(51)32(24(28)2)43(46,7)8)29(49)21-30-45(36,23-57-30)61-25(3)48/h11-20,24,28-30,32-33,35-36,38,49,56H,10,21-23H2,1-9H3,(H,47,55). The van der Waals surface area contributed by atoms with Crippen molar-refractivity contribution in [3.8, 4) is 0 Å². The highest BCUT2D eigenvalue weighted by atomic mass is 16.6. The summed E-state index contributed by atoms with van der Waals surface area (Å²) in [7, 11) is 0. The first kappa shape index (κ1) is 46.3. The average Bonchev–Trinajstić information content (AvgIpc) is 3.20. The number of aliphatic hydroxyl groups is 2. The molecule has 2 aromatic rings. The molecule has 0 spiro atoms. The van der Waals surface area contributed by atoms with E-state index in [9.17, 15) is 39.0 Å². The van der Waals surface area contributed by atoms with Crippen LogP contribution in [-0.4, -0.2) is 106 Å². The first-order valence-corrected chi connectivity index (χ1v) is 20.9. The van der Waals surface area contributed by atoms with Gasteiger partial charge in [0.2, 0.25) is 17.7 Å². The van der Waals surface area contributed by atoms with Gasteiger partial charge in [-0.2, -0.15) is 0 Å². The maximum Gasteiger partial charge on any atom is 0.408 e. The van der Waals surface area contributed by atoms with Crippen molar-refractivity contribution in [2.24, 2.45) is 28.6 Å². The highest BCUT2D eigenvalue weighted by Gasteiger charge is 2.79. The van der Waals surface area contributed by atoms with Crippen molar-refractivity contribution in [1.82, 2.24) is 5.32 Å². The Kier molecular flexibility index (Phi) is 12.6. The quantitative estimate of drug-likeness (QED) is 0.171. The van der Waals surface area contributed by atoms with Crippen LogP contribution in [0.2, 0.25) is 0 Å². The number of carbonyl (C=O) groups excluding carboxylic acids is 7. The molecule has 12 atom stereocenters. The fraction of sp³-hybridized carbons (Fsp3) is 0.587. The fourth-order valence-electron chi connectivity index (χ4n) is 10.2. The van der Waals surface area contributed by atoms with Gasteiger partial charge in [-0.15, -0.1) is 0 Å². The summed E-state index contributed by atoms with van der Waals surface area (Å²) in [6.45, 7) is 13.2. The van der Waals surface area contributed by atoms with Gasteiger partial charge in [0, 0.05) is 43.4 Å². The number of nitrogens with one attached hydrogen (secondary N) is 1. The van der Waals surface area contributed by atoms with Gasteiger partial charge in [0.25, 0.3) is 0 Å². The molecule has 1 heterocycles. The Hall–Kier alpha value is -5.19. The molecule has 0 radical (unpaired) electrons. The van der Waals surface area contributed by atoms with Crippen LogP contribution < -0.4 is 5.32 Å². The lowest BCUT2D eigenvalue weighted by molar-refractivity contribution is -0.350. The number of hydrogen-bond donors (Lipinski definition) is 3. The fourth-order valence-corrected chi connectivity index (χ4v) is 10.2. The van der Waals surface area contributed by atoms with Gasteiger partial charge in [0.05, 0.1) is 29.6 Å². The van der Waals surface area contributed by atoms with E-state index in [4.69, 9.17) is 28.4 Å². The Balaban J connectivity index is 1.50. The van der Waals surface area contributed by atoms with E-state index in [1.165, 1.54) is 39.8 Å². The Bertz CT molecular complexity index is 2080. The Morgan fingerprint density at radius 1 is 0.952 bits per heavy atom. The lowest BCUT2D eigenvalue weighted by Crippen LogP contribution is -2.82. The lowest BCUT2D eigenvalue weighted by Gasteiger charge is -2.67. The van der Waals surface area contributed by atoms with Crippen LogP contribution in [0.25, 0.3) is 0 Å². The number of alkyl carbamates (subject to hydrolysis) is 1. The molecular weight excluding hydrogens is 806 g/mol. The van der Waals surface area contributed by atoms with Gasteiger partial charge in [-0.25, -0.2) is 14.4 Å². The van der Waals surface area contributed by atoms with Crippen molar-refractivity contribution in [3.63, 3.8) is 0 Å². The van der Waals surface area contributed by atoms with Crippen molar-refractivity contribution in [2.75, 3.05) is 6.61 Å². The van der Waals surface area contributed by atoms with Gasteiger partial charge in [-0.05, 0) is 45.4 Å². The van der Waals surface area contributed by atoms with E-state index >= 15 is 4.79 Å². The Labute approximate surface area is 360 Å². The monoisotopic (exact) mass is 863 g/mol. The first-order valence-electron chi connectivity index (χ1n) is 20.9. The summed E-state index contributed by atoms with van der Waals surface area (Å²) >= 11 is 0. The number of fused-ring (bicyclic) bond motifs is 5. The molecule has 336 valence electrons. The number of ether oxygens (including phenoxy) is 6. The molecule has 4 aliphatic rings. The molecule has 1 saturated heterocycles. The first-order chi connectivity index (χ1) is 28.9. The minimum atomic E-state index is -2.39. The minimum Gasteiger partial charge on any atom is -0.459 e. The Morgan fingerprint density at radius 3 is 2.11 bits per heavy atom.